The van der Waals surface area contributed by atoms with E-state index in [1.807, 2.05) is 32.0 Å². The lowest BCUT2D eigenvalue weighted by Crippen LogP contribution is -2.29. The topological polar surface area (TPSA) is 94.5 Å². The number of ketones is 1. The Labute approximate surface area is 215 Å². The van der Waals surface area contributed by atoms with Gasteiger partial charge < -0.3 is 24.1 Å². The van der Waals surface area contributed by atoms with Gasteiger partial charge in [0.05, 0.1) is 45.1 Å². The van der Waals surface area contributed by atoms with Gasteiger partial charge >= 0.3 is 0 Å². The van der Waals surface area contributed by atoms with Crippen molar-refractivity contribution >= 4 is 23.1 Å². The Kier molecular flexibility index (Phi) is 7.38. The molecule has 0 saturated carbocycles. The molecule has 1 amide bonds. The van der Waals surface area contributed by atoms with Gasteiger partial charge in [0.15, 0.2) is 11.5 Å². The quantitative estimate of drug-likeness (QED) is 0.261. The third-order valence-corrected chi connectivity index (χ3v) is 6.19. The minimum atomic E-state index is -0.942. The fourth-order valence-corrected chi connectivity index (χ4v) is 4.47. The van der Waals surface area contributed by atoms with Gasteiger partial charge in [-0.15, -0.1) is 0 Å². The zero-order chi connectivity index (χ0) is 26.7. The number of carbonyl (C=O) groups excluding carboxylic acids is 2. The van der Waals surface area contributed by atoms with E-state index in [9.17, 15) is 14.7 Å². The molecule has 1 saturated heterocycles. The number of Topliss-reactive ketones (excluding diaryl/α,β-unsaturated/α-hetero) is 1. The first kappa shape index (κ1) is 25.6. The van der Waals surface area contributed by atoms with Crippen LogP contribution in [0.15, 0.2) is 66.2 Å². The molecule has 37 heavy (non-hydrogen) atoms. The van der Waals surface area contributed by atoms with Crippen LogP contribution in [0.1, 0.15) is 29.7 Å². The molecule has 3 aromatic carbocycles. The molecule has 0 bridgehead atoms. The number of rotatable bonds is 8. The minimum Gasteiger partial charge on any atom is -0.507 e. The highest BCUT2D eigenvalue weighted by atomic mass is 16.5. The number of amides is 1. The first-order valence-corrected chi connectivity index (χ1v) is 11.7. The Bertz CT molecular complexity index is 1380. The van der Waals surface area contributed by atoms with E-state index in [2.05, 4.69) is 0 Å². The summed E-state index contributed by atoms with van der Waals surface area (Å²) in [6.45, 7) is 4.13. The van der Waals surface area contributed by atoms with Gasteiger partial charge in [-0.2, -0.15) is 0 Å². The summed E-state index contributed by atoms with van der Waals surface area (Å²) in [5.74, 6) is -0.208. The second-order valence-corrected chi connectivity index (χ2v) is 8.42. The summed E-state index contributed by atoms with van der Waals surface area (Å²) in [4.78, 5) is 28.4. The number of carbonyl (C=O) groups is 2. The van der Waals surface area contributed by atoms with Crippen LogP contribution in [0.5, 0.6) is 23.0 Å². The van der Waals surface area contributed by atoms with Crippen molar-refractivity contribution in [3.05, 3.63) is 82.9 Å². The number of anilines is 1. The van der Waals surface area contributed by atoms with Gasteiger partial charge in [0, 0.05) is 5.69 Å². The Morgan fingerprint density at radius 1 is 0.892 bits per heavy atom. The first-order valence-electron chi connectivity index (χ1n) is 11.7. The number of hydrogen-bond donors (Lipinski definition) is 1. The fourth-order valence-electron chi connectivity index (χ4n) is 4.47. The SMILES string of the molecule is CCOc1cc(C2/C(=C(\O)c3cc(OC)ccc3OC)C(=O)C(=O)N2c2cccc(C)c2)ccc1OC. The number of aliphatic hydroxyl groups is 1. The molecule has 1 unspecified atom stereocenters. The number of aryl methyl sites for hydroxylation is 1. The lowest BCUT2D eigenvalue weighted by atomic mass is 9.94. The van der Waals surface area contributed by atoms with Crippen LogP contribution >= 0.6 is 0 Å². The standard InChI is InChI=1S/C29H29NO7/c1-6-37-24-15-18(10-12-23(24)36-5)26-25(27(31)21-16-20(34-3)11-13-22(21)35-4)28(32)29(33)30(26)19-9-7-8-17(2)14-19/h7-16,26,31H,6H2,1-5H3/b27-25+. The van der Waals surface area contributed by atoms with Crippen molar-refractivity contribution < 1.29 is 33.6 Å². The summed E-state index contributed by atoms with van der Waals surface area (Å²) in [5.41, 5.74) is 2.15. The van der Waals surface area contributed by atoms with Gasteiger partial charge in [0.2, 0.25) is 0 Å². The van der Waals surface area contributed by atoms with Crippen LogP contribution in [0, 0.1) is 6.92 Å². The van der Waals surface area contributed by atoms with E-state index in [1.54, 1.807) is 42.5 Å². The maximum absolute atomic E-state index is 13.5. The highest BCUT2D eigenvalue weighted by Crippen LogP contribution is 2.45. The Morgan fingerprint density at radius 2 is 1.62 bits per heavy atom. The van der Waals surface area contributed by atoms with Gasteiger partial charge in [-0.25, -0.2) is 0 Å². The predicted molar refractivity (Wildman–Crippen MR) is 140 cm³/mol. The Morgan fingerprint density at radius 3 is 2.27 bits per heavy atom. The average molecular weight is 504 g/mol. The monoisotopic (exact) mass is 503 g/mol. The summed E-state index contributed by atoms with van der Waals surface area (Å²) in [6, 6.07) is 16.4. The summed E-state index contributed by atoms with van der Waals surface area (Å²) in [5, 5.41) is 11.6. The Balaban J connectivity index is 2.01. The largest absolute Gasteiger partial charge is 0.507 e. The van der Waals surface area contributed by atoms with E-state index in [1.165, 1.54) is 26.2 Å². The number of benzene rings is 3. The molecule has 4 rings (SSSR count). The van der Waals surface area contributed by atoms with Gasteiger partial charge in [-0.3, -0.25) is 14.5 Å². The summed E-state index contributed by atoms with van der Waals surface area (Å²) >= 11 is 0. The lowest BCUT2D eigenvalue weighted by Gasteiger charge is -2.26. The molecule has 8 heteroatoms. The summed E-state index contributed by atoms with van der Waals surface area (Å²) in [6.07, 6.45) is 0. The number of methoxy groups -OCH3 is 3. The first-order chi connectivity index (χ1) is 17.8. The van der Waals surface area contributed by atoms with E-state index in [0.29, 0.717) is 40.9 Å². The predicted octanol–water partition coefficient (Wildman–Crippen LogP) is 5.05. The van der Waals surface area contributed by atoms with E-state index in [-0.39, 0.29) is 16.9 Å². The number of aliphatic hydroxyl groups excluding tert-OH is 1. The van der Waals surface area contributed by atoms with Crippen LogP contribution in [0.25, 0.3) is 5.76 Å². The fraction of sp³-hybridized carbons (Fsp3) is 0.241. The molecule has 1 heterocycles. The third-order valence-electron chi connectivity index (χ3n) is 6.19. The molecule has 1 N–H and O–H groups in total. The molecule has 0 aromatic heterocycles. The highest BCUT2D eigenvalue weighted by molar-refractivity contribution is 6.51. The second kappa shape index (κ2) is 10.7. The number of ether oxygens (including phenoxy) is 4. The normalized spacial score (nSPS) is 16.6. The van der Waals surface area contributed by atoms with Gasteiger partial charge in [0.25, 0.3) is 11.7 Å². The maximum Gasteiger partial charge on any atom is 0.300 e. The van der Waals surface area contributed by atoms with Crippen LogP contribution < -0.4 is 23.8 Å². The molecular formula is C29H29NO7. The molecule has 1 aliphatic heterocycles. The average Bonchev–Trinajstić information content (AvgIpc) is 3.18. The molecule has 0 aliphatic carbocycles. The van der Waals surface area contributed by atoms with Crippen molar-refractivity contribution in [1.29, 1.82) is 0 Å². The van der Waals surface area contributed by atoms with Crippen molar-refractivity contribution in [3.8, 4) is 23.0 Å². The van der Waals surface area contributed by atoms with E-state index < -0.39 is 17.7 Å². The molecule has 3 aromatic rings. The zero-order valence-corrected chi connectivity index (χ0v) is 21.4. The van der Waals surface area contributed by atoms with Crippen molar-refractivity contribution in [3.63, 3.8) is 0 Å². The number of hydrogen-bond acceptors (Lipinski definition) is 7. The van der Waals surface area contributed by atoms with Crippen molar-refractivity contribution in [2.24, 2.45) is 0 Å². The van der Waals surface area contributed by atoms with Crippen LogP contribution in [-0.4, -0.2) is 44.7 Å². The molecule has 1 aliphatic rings. The van der Waals surface area contributed by atoms with Crippen LogP contribution in [0.4, 0.5) is 5.69 Å². The smallest absolute Gasteiger partial charge is 0.300 e. The molecule has 0 spiro atoms. The summed E-state index contributed by atoms with van der Waals surface area (Å²) < 4.78 is 21.9. The van der Waals surface area contributed by atoms with Gasteiger partial charge in [0.1, 0.15) is 17.3 Å². The minimum absolute atomic E-state index is 0.0781. The third kappa shape index (κ3) is 4.70. The lowest BCUT2D eigenvalue weighted by molar-refractivity contribution is -0.132. The number of nitrogens with zero attached hydrogens (tertiary/aromatic N) is 1. The molecule has 192 valence electrons. The highest BCUT2D eigenvalue weighted by Gasteiger charge is 2.47. The van der Waals surface area contributed by atoms with Gasteiger partial charge in [-0.05, 0) is 67.4 Å². The Hall–Kier alpha value is -4.46. The van der Waals surface area contributed by atoms with Crippen molar-refractivity contribution in [1.82, 2.24) is 0 Å². The zero-order valence-electron chi connectivity index (χ0n) is 21.4. The van der Waals surface area contributed by atoms with E-state index in [0.717, 1.165) is 5.56 Å². The molecule has 0 radical (unpaired) electrons. The van der Waals surface area contributed by atoms with Gasteiger partial charge in [-0.1, -0.05) is 18.2 Å². The van der Waals surface area contributed by atoms with Crippen molar-refractivity contribution in [2.45, 2.75) is 19.9 Å². The molecular weight excluding hydrogens is 474 g/mol. The van der Waals surface area contributed by atoms with Crippen LogP contribution in [0.2, 0.25) is 0 Å². The molecule has 1 atom stereocenters. The summed E-state index contributed by atoms with van der Waals surface area (Å²) in [7, 11) is 4.49. The molecule has 1 fully saturated rings. The van der Waals surface area contributed by atoms with E-state index in [4.69, 9.17) is 18.9 Å². The van der Waals surface area contributed by atoms with Crippen LogP contribution in [0.3, 0.4) is 0 Å². The maximum atomic E-state index is 13.5. The van der Waals surface area contributed by atoms with Crippen molar-refractivity contribution in [2.75, 3.05) is 32.8 Å². The van der Waals surface area contributed by atoms with Crippen LogP contribution in [-0.2, 0) is 9.59 Å². The second-order valence-electron chi connectivity index (χ2n) is 8.42. The molecule has 8 nitrogen and oxygen atoms in total. The van der Waals surface area contributed by atoms with E-state index >= 15 is 0 Å².